The second-order valence-electron chi connectivity index (χ2n) is 12.3. The zero-order chi connectivity index (χ0) is 31.3. The molecule has 0 atom stereocenters. The number of carbonyl (C=O) groups is 1. The number of sulfonamides is 1. The number of rotatable bonds is 8. The molecule has 1 aromatic heterocycles. The van der Waals surface area contributed by atoms with Crippen LogP contribution in [0.1, 0.15) is 54.6 Å². The fourth-order valence-corrected chi connectivity index (χ4v) is 7.08. The molecule has 2 aromatic carbocycles. The van der Waals surface area contributed by atoms with Crippen LogP contribution in [-0.4, -0.2) is 68.9 Å². The largest absolute Gasteiger partial charge is 0.395 e. The zero-order valence-corrected chi connectivity index (χ0v) is 25.3. The minimum atomic E-state index is -3.80. The number of pyridine rings is 1. The zero-order valence-electron chi connectivity index (χ0n) is 24.5. The number of alkyl halides is 2. The molecule has 2 saturated heterocycles. The molecule has 3 aromatic rings. The number of aromatic nitrogens is 1. The summed E-state index contributed by atoms with van der Waals surface area (Å²) in [5, 5.41) is 12.4. The molecule has 44 heavy (non-hydrogen) atoms. The Bertz CT molecular complexity index is 1690. The number of benzene rings is 2. The van der Waals surface area contributed by atoms with Gasteiger partial charge in [0.25, 0.3) is 11.8 Å². The van der Waals surface area contributed by atoms with Crippen molar-refractivity contribution < 1.29 is 31.5 Å². The van der Waals surface area contributed by atoms with E-state index in [1.54, 1.807) is 30.0 Å². The van der Waals surface area contributed by atoms with E-state index >= 15 is 4.39 Å². The van der Waals surface area contributed by atoms with E-state index in [0.717, 1.165) is 12.8 Å². The molecule has 236 valence electrons. The first-order valence-corrected chi connectivity index (χ1v) is 16.6. The summed E-state index contributed by atoms with van der Waals surface area (Å²) in [5.74, 6) is -4.63. The van der Waals surface area contributed by atoms with E-state index in [-0.39, 0.29) is 35.7 Å². The van der Waals surface area contributed by atoms with Gasteiger partial charge in [0.05, 0.1) is 40.5 Å². The van der Waals surface area contributed by atoms with Gasteiger partial charge in [0.2, 0.25) is 10.0 Å². The van der Waals surface area contributed by atoms with Crippen molar-refractivity contribution in [3.63, 3.8) is 0 Å². The SMILES string of the molecule is Cc1ccc2cc(NC(=O)c3ccc(NS(=O)(=O)CCO)cc3N3CCC4(CC3)CC4)c(F)c(N3CCC(F)(F)CC3)c2n1. The molecule has 3 N–H and O–H groups in total. The first-order valence-electron chi connectivity index (χ1n) is 14.9. The molecule has 1 aliphatic carbocycles. The second-order valence-corrected chi connectivity index (χ2v) is 14.1. The summed E-state index contributed by atoms with van der Waals surface area (Å²) in [5.41, 5.74) is 2.32. The van der Waals surface area contributed by atoms with E-state index in [1.807, 2.05) is 4.90 Å². The van der Waals surface area contributed by atoms with Crippen LogP contribution in [0, 0.1) is 18.2 Å². The van der Waals surface area contributed by atoms with Crippen LogP contribution in [0.15, 0.2) is 36.4 Å². The van der Waals surface area contributed by atoms with Gasteiger partial charge in [-0.05, 0) is 68.4 Å². The molecular weight excluding hydrogens is 595 g/mol. The normalized spacial score (nSPS) is 19.3. The lowest BCUT2D eigenvalue weighted by Gasteiger charge is -2.35. The van der Waals surface area contributed by atoms with E-state index < -0.39 is 52.9 Å². The fourth-order valence-electron chi connectivity index (χ4n) is 6.25. The van der Waals surface area contributed by atoms with Crippen LogP contribution >= 0.6 is 0 Å². The van der Waals surface area contributed by atoms with E-state index in [9.17, 15) is 22.0 Å². The number of hydrogen-bond donors (Lipinski definition) is 3. The first kappa shape index (κ1) is 30.4. The van der Waals surface area contributed by atoms with Crippen molar-refractivity contribution >= 4 is 49.6 Å². The van der Waals surface area contributed by atoms with Crippen molar-refractivity contribution in [2.75, 3.05) is 58.4 Å². The predicted octanol–water partition coefficient (Wildman–Crippen LogP) is 5.28. The lowest BCUT2D eigenvalue weighted by Crippen LogP contribution is -2.40. The Morgan fingerprint density at radius 2 is 1.66 bits per heavy atom. The molecule has 6 rings (SSSR count). The third-order valence-electron chi connectivity index (χ3n) is 9.09. The summed E-state index contributed by atoms with van der Waals surface area (Å²) in [6.07, 6.45) is 3.46. The number of fused-ring (bicyclic) bond motifs is 1. The highest BCUT2D eigenvalue weighted by Gasteiger charge is 2.44. The van der Waals surface area contributed by atoms with Gasteiger partial charge in [-0.1, -0.05) is 6.07 Å². The fraction of sp³-hybridized carbons (Fsp3) is 0.484. The molecule has 1 saturated carbocycles. The summed E-state index contributed by atoms with van der Waals surface area (Å²) in [7, 11) is -3.80. The van der Waals surface area contributed by atoms with Crippen LogP contribution in [-0.2, 0) is 10.0 Å². The maximum atomic E-state index is 16.3. The Balaban J connectivity index is 1.35. The summed E-state index contributed by atoms with van der Waals surface area (Å²) < 4.78 is 71.3. The van der Waals surface area contributed by atoms with Gasteiger partial charge in [-0.25, -0.2) is 21.6 Å². The lowest BCUT2D eigenvalue weighted by atomic mass is 9.93. The molecule has 1 spiro atoms. The van der Waals surface area contributed by atoms with Crippen molar-refractivity contribution in [3.05, 3.63) is 53.5 Å². The summed E-state index contributed by atoms with van der Waals surface area (Å²) in [6, 6.07) is 9.57. The Kier molecular flexibility index (Phi) is 7.89. The number of aliphatic hydroxyl groups excluding tert-OH is 1. The van der Waals surface area contributed by atoms with Crippen molar-refractivity contribution in [1.29, 1.82) is 0 Å². The molecule has 2 aliphatic heterocycles. The Morgan fingerprint density at radius 1 is 0.977 bits per heavy atom. The van der Waals surface area contributed by atoms with Crippen LogP contribution in [0.3, 0.4) is 0 Å². The quantitative estimate of drug-likeness (QED) is 0.310. The first-order chi connectivity index (χ1) is 20.9. The number of amides is 1. The number of aryl methyl sites for hydroxylation is 1. The maximum Gasteiger partial charge on any atom is 0.257 e. The average Bonchev–Trinajstić information content (AvgIpc) is 3.72. The standard InChI is InChI=1S/C31H36F3N5O4S/c1-20-2-3-21-18-24(26(32)28(27(21)35-20)39-14-10-31(33,34)11-15-39)36-29(41)23-5-4-22(37-44(42,43)17-16-40)19-25(23)38-12-8-30(6-7-30)9-13-38/h2-5,18-19,37,40H,6-17H2,1H3,(H,36,41). The number of carbonyl (C=O) groups excluding carboxylic acids is 1. The Hall–Kier alpha value is -3.58. The molecule has 13 heteroatoms. The van der Waals surface area contributed by atoms with Gasteiger partial charge in [0, 0.05) is 50.1 Å². The minimum absolute atomic E-state index is 0.0553. The molecule has 3 aliphatic rings. The topological polar surface area (TPSA) is 115 Å². The number of piperidine rings is 2. The third-order valence-corrected chi connectivity index (χ3v) is 10.4. The van der Waals surface area contributed by atoms with Crippen LogP contribution in [0.25, 0.3) is 10.9 Å². The highest BCUT2D eigenvalue weighted by molar-refractivity contribution is 7.92. The highest BCUT2D eigenvalue weighted by Crippen LogP contribution is 2.54. The van der Waals surface area contributed by atoms with Gasteiger partial charge < -0.3 is 20.2 Å². The summed E-state index contributed by atoms with van der Waals surface area (Å²) in [4.78, 5) is 22.0. The van der Waals surface area contributed by atoms with E-state index in [4.69, 9.17) is 5.11 Å². The number of aliphatic hydroxyl groups is 1. The number of nitrogens with zero attached hydrogens (tertiary/aromatic N) is 3. The van der Waals surface area contributed by atoms with Gasteiger partial charge in [0.15, 0.2) is 5.82 Å². The molecule has 3 heterocycles. The lowest BCUT2D eigenvalue weighted by molar-refractivity contribution is -0.0221. The Morgan fingerprint density at radius 3 is 2.32 bits per heavy atom. The van der Waals surface area contributed by atoms with E-state index in [2.05, 4.69) is 15.0 Å². The number of hydrogen-bond acceptors (Lipinski definition) is 7. The average molecular weight is 632 g/mol. The van der Waals surface area contributed by atoms with Crippen LogP contribution in [0.4, 0.5) is 35.9 Å². The van der Waals surface area contributed by atoms with Crippen molar-refractivity contribution in [2.24, 2.45) is 5.41 Å². The van der Waals surface area contributed by atoms with E-state index in [1.165, 1.54) is 31.0 Å². The van der Waals surface area contributed by atoms with Crippen molar-refractivity contribution in [2.45, 2.75) is 51.4 Å². The van der Waals surface area contributed by atoms with Gasteiger partial charge in [0.1, 0.15) is 5.69 Å². The van der Waals surface area contributed by atoms with Gasteiger partial charge in [-0.3, -0.25) is 14.5 Å². The smallest absolute Gasteiger partial charge is 0.257 e. The van der Waals surface area contributed by atoms with Crippen LogP contribution < -0.4 is 19.8 Å². The van der Waals surface area contributed by atoms with Crippen LogP contribution in [0.5, 0.6) is 0 Å². The molecule has 1 amide bonds. The van der Waals surface area contributed by atoms with Crippen molar-refractivity contribution in [3.8, 4) is 0 Å². The molecule has 0 unspecified atom stereocenters. The highest BCUT2D eigenvalue weighted by atomic mass is 32.2. The molecule has 9 nitrogen and oxygen atoms in total. The predicted molar refractivity (Wildman–Crippen MR) is 165 cm³/mol. The van der Waals surface area contributed by atoms with Crippen LogP contribution in [0.2, 0.25) is 0 Å². The Labute approximate surface area is 254 Å². The third kappa shape index (κ3) is 6.30. The number of nitrogens with one attached hydrogen (secondary N) is 2. The van der Waals surface area contributed by atoms with Gasteiger partial charge in [-0.15, -0.1) is 0 Å². The second kappa shape index (κ2) is 11.4. The molecule has 0 radical (unpaired) electrons. The molecule has 3 fully saturated rings. The van der Waals surface area contributed by atoms with E-state index in [0.29, 0.717) is 40.8 Å². The van der Waals surface area contributed by atoms with Gasteiger partial charge in [-0.2, -0.15) is 0 Å². The summed E-state index contributed by atoms with van der Waals surface area (Å²) >= 11 is 0. The molecular formula is C31H36F3N5O4S. The number of halogens is 3. The summed E-state index contributed by atoms with van der Waals surface area (Å²) in [6.45, 7) is 2.49. The van der Waals surface area contributed by atoms with Crippen molar-refractivity contribution in [1.82, 2.24) is 4.98 Å². The van der Waals surface area contributed by atoms with Gasteiger partial charge >= 0.3 is 0 Å². The number of anilines is 4. The maximum absolute atomic E-state index is 16.3. The monoisotopic (exact) mass is 631 g/mol. The minimum Gasteiger partial charge on any atom is -0.395 e. The molecule has 0 bridgehead atoms.